The molecule has 0 aliphatic rings. The summed E-state index contributed by atoms with van der Waals surface area (Å²) in [5.74, 6) is -1.18. The van der Waals surface area contributed by atoms with Crippen molar-refractivity contribution in [2.75, 3.05) is 10.6 Å². The number of halogens is 4. The van der Waals surface area contributed by atoms with Gasteiger partial charge in [0.1, 0.15) is 11.0 Å². The number of sulfone groups is 1. The molecule has 11 heteroatoms. The molecule has 6 nitrogen and oxygen atoms in total. The molecular weight excluding hydrogens is 505 g/mol. The SMILES string of the molecule is CCC(C(=O)Nc1cc(O)c(Nc2ccc(C(F)(F)F)cc2)cc1Cl)S(=O)(=O)c1cccc(C)c1. The summed E-state index contributed by atoms with van der Waals surface area (Å²) < 4.78 is 64.2. The van der Waals surface area contributed by atoms with E-state index in [1.807, 2.05) is 0 Å². The van der Waals surface area contributed by atoms with Crippen molar-refractivity contribution in [3.63, 3.8) is 0 Å². The van der Waals surface area contributed by atoms with Gasteiger partial charge < -0.3 is 15.7 Å². The second-order valence-corrected chi connectivity index (χ2v) is 10.3. The first-order chi connectivity index (χ1) is 16.3. The Bertz CT molecular complexity index is 1340. The molecule has 3 rings (SSSR count). The molecule has 0 saturated heterocycles. The quantitative estimate of drug-likeness (QED) is 0.314. The van der Waals surface area contributed by atoms with E-state index in [1.54, 1.807) is 26.0 Å². The van der Waals surface area contributed by atoms with E-state index in [4.69, 9.17) is 11.6 Å². The van der Waals surface area contributed by atoms with Crippen molar-refractivity contribution in [1.29, 1.82) is 0 Å². The van der Waals surface area contributed by atoms with Crippen LogP contribution < -0.4 is 10.6 Å². The summed E-state index contributed by atoms with van der Waals surface area (Å²) in [5, 5.41) is 14.1. The number of hydrogen-bond acceptors (Lipinski definition) is 5. The Morgan fingerprint density at radius 2 is 1.71 bits per heavy atom. The van der Waals surface area contributed by atoms with Gasteiger partial charge in [0.25, 0.3) is 0 Å². The molecule has 0 radical (unpaired) electrons. The number of phenols is 1. The molecule has 0 aliphatic carbocycles. The number of hydrogen-bond donors (Lipinski definition) is 3. The molecule has 0 saturated carbocycles. The summed E-state index contributed by atoms with van der Waals surface area (Å²) in [4.78, 5) is 12.9. The standard InChI is InChI=1S/C24H22ClF3N2O4S/c1-3-22(35(33,34)17-6-4-5-14(2)11-17)23(32)30-19-13-21(31)20(12-18(19)25)29-16-9-7-15(8-10-16)24(26,27)28/h4-13,22,29,31H,3H2,1-2H3,(H,30,32). The fourth-order valence-corrected chi connectivity index (χ4v) is 5.31. The van der Waals surface area contributed by atoms with Gasteiger partial charge in [-0.05, 0) is 61.4 Å². The number of phenolic OH excluding ortho intramolecular Hbond substituents is 1. The lowest BCUT2D eigenvalue weighted by molar-refractivity contribution is -0.137. The Labute approximate surface area is 205 Å². The largest absolute Gasteiger partial charge is 0.506 e. The summed E-state index contributed by atoms with van der Waals surface area (Å²) in [7, 11) is -3.99. The van der Waals surface area contributed by atoms with Gasteiger partial charge in [-0.2, -0.15) is 13.2 Å². The molecule has 1 atom stereocenters. The molecule has 1 amide bonds. The highest BCUT2D eigenvalue weighted by molar-refractivity contribution is 7.92. The first-order valence-electron chi connectivity index (χ1n) is 10.4. The zero-order chi connectivity index (χ0) is 26.0. The zero-order valence-corrected chi connectivity index (χ0v) is 20.2. The molecule has 186 valence electrons. The van der Waals surface area contributed by atoms with Crippen LogP contribution in [0.15, 0.2) is 65.6 Å². The van der Waals surface area contributed by atoms with Crippen LogP contribution in [0.2, 0.25) is 5.02 Å². The summed E-state index contributed by atoms with van der Waals surface area (Å²) in [6.07, 6.45) is -4.48. The maximum Gasteiger partial charge on any atom is 0.416 e. The van der Waals surface area contributed by atoms with Gasteiger partial charge in [-0.3, -0.25) is 4.79 Å². The van der Waals surface area contributed by atoms with Crippen molar-refractivity contribution >= 4 is 44.4 Å². The third-order valence-corrected chi connectivity index (χ3v) is 7.71. The number of alkyl halides is 3. The Morgan fingerprint density at radius 1 is 1.06 bits per heavy atom. The van der Waals surface area contributed by atoms with Gasteiger partial charge in [-0.1, -0.05) is 30.7 Å². The van der Waals surface area contributed by atoms with Crippen molar-refractivity contribution in [3.8, 4) is 5.75 Å². The van der Waals surface area contributed by atoms with E-state index in [2.05, 4.69) is 10.6 Å². The number of nitrogens with one attached hydrogen (secondary N) is 2. The van der Waals surface area contributed by atoms with Gasteiger partial charge in [0.05, 0.1) is 26.9 Å². The molecule has 0 spiro atoms. The number of carbonyl (C=O) groups excluding carboxylic acids is 1. The van der Waals surface area contributed by atoms with E-state index in [-0.39, 0.29) is 39.2 Å². The predicted octanol–water partition coefficient (Wildman–Crippen LogP) is 6.31. The summed E-state index contributed by atoms with van der Waals surface area (Å²) in [6.45, 7) is 3.30. The van der Waals surface area contributed by atoms with Gasteiger partial charge in [-0.15, -0.1) is 0 Å². The maximum absolute atomic E-state index is 13.0. The van der Waals surface area contributed by atoms with Crippen LogP contribution in [0.5, 0.6) is 5.75 Å². The molecule has 0 bridgehead atoms. The second kappa shape index (κ2) is 10.2. The van der Waals surface area contributed by atoms with E-state index in [0.717, 1.165) is 23.8 Å². The van der Waals surface area contributed by atoms with Crippen LogP contribution in [0.3, 0.4) is 0 Å². The van der Waals surface area contributed by atoms with Gasteiger partial charge in [0.2, 0.25) is 5.91 Å². The number of aromatic hydroxyl groups is 1. The molecule has 0 heterocycles. The fraction of sp³-hybridized carbons (Fsp3) is 0.208. The Kier molecular flexibility index (Phi) is 7.66. The maximum atomic E-state index is 13.0. The zero-order valence-electron chi connectivity index (χ0n) is 18.7. The van der Waals surface area contributed by atoms with Crippen LogP contribution in [0, 0.1) is 6.92 Å². The molecule has 35 heavy (non-hydrogen) atoms. The van der Waals surface area contributed by atoms with E-state index in [9.17, 15) is 31.5 Å². The fourth-order valence-electron chi connectivity index (χ4n) is 3.37. The van der Waals surface area contributed by atoms with Crippen molar-refractivity contribution in [2.24, 2.45) is 0 Å². The highest BCUT2D eigenvalue weighted by atomic mass is 35.5. The number of benzene rings is 3. The van der Waals surface area contributed by atoms with Gasteiger partial charge >= 0.3 is 6.18 Å². The average molecular weight is 527 g/mol. The molecule has 0 aromatic heterocycles. The number of anilines is 3. The molecule has 0 fully saturated rings. The first-order valence-corrected chi connectivity index (χ1v) is 12.3. The highest BCUT2D eigenvalue weighted by Crippen LogP contribution is 2.37. The minimum atomic E-state index is -4.48. The number of amides is 1. The Morgan fingerprint density at radius 3 is 2.29 bits per heavy atom. The van der Waals surface area contributed by atoms with Gasteiger partial charge in [0, 0.05) is 11.8 Å². The molecule has 1 unspecified atom stereocenters. The van der Waals surface area contributed by atoms with Crippen LogP contribution in [0.1, 0.15) is 24.5 Å². The Balaban J connectivity index is 1.80. The van der Waals surface area contributed by atoms with Crippen molar-refractivity contribution in [2.45, 2.75) is 36.6 Å². The topological polar surface area (TPSA) is 95.5 Å². The van der Waals surface area contributed by atoms with E-state index < -0.39 is 32.7 Å². The number of rotatable bonds is 7. The lowest BCUT2D eigenvalue weighted by Crippen LogP contribution is -2.34. The van der Waals surface area contributed by atoms with Crippen LogP contribution in [0.25, 0.3) is 0 Å². The minimum absolute atomic E-state index is 0.000724. The normalized spacial score (nSPS) is 12.7. The van der Waals surface area contributed by atoms with Crippen molar-refractivity contribution < 1.29 is 31.5 Å². The molecule has 3 N–H and O–H groups in total. The minimum Gasteiger partial charge on any atom is -0.506 e. The van der Waals surface area contributed by atoms with Gasteiger partial charge in [-0.25, -0.2) is 8.42 Å². The van der Waals surface area contributed by atoms with E-state index in [1.165, 1.54) is 30.3 Å². The first kappa shape index (κ1) is 26.4. The van der Waals surface area contributed by atoms with Crippen molar-refractivity contribution in [3.05, 3.63) is 76.8 Å². The molecule has 3 aromatic rings. The summed E-state index contributed by atoms with van der Waals surface area (Å²) in [5.41, 5.74) is 0.216. The van der Waals surface area contributed by atoms with Crippen LogP contribution >= 0.6 is 11.6 Å². The Hall–Kier alpha value is -3.24. The van der Waals surface area contributed by atoms with E-state index in [0.29, 0.717) is 0 Å². The smallest absolute Gasteiger partial charge is 0.416 e. The van der Waals surface area contributed by atoms with E-state index >= 15 is 0 Å². The lowest BCUT2D eigenvalue weighted by atomic mass is 10.2. The molecular formula is C24H22ClF3N2O4S. The lowest BCUT2D eigenvalue weighted by Gasteiger charge is -2.18. The third-order valence-electron chi connectivity index (χ3n) is 5.19. The average Bonchev–Trinajstić information content (AvgIpc) is 2.77. The van der Waals surface area contributed by atoms with Crippen LogP contribution in [-0.2, 0) is 20.8 Å². The predicted molar refractivity (Wildman–Crippen MR) is 129 cm³/mol. The highest BCUT2D eigenvalue weighted by Gasteiger charge is 2.33. The third kappa shape index (κ3) is 6.07. The summed E-state index contributed by atoms with van der Waals surface area (Å²) in [6, 6.07) is 12.8. The summed E-state index contributed by atoms with van der Waals surface area (Å²) >= 11 is 6.23. The molecule has 0 aliphatic heterocycles. The van der Waals surface area contributed by atoms with Crippen LogP contribution in [0.4, 0.5) is 30.2 Å². The monoisotopic (exact) mass is 526 g/mol. The van der Waals surface area contributed by atoms with Gasteiger partial charge in [0.15, 0.2) is 9.84 Å². The second-order valence-electron chi connectivity index (χ2n) is 7.80. The van der Waals surface area contributed by atoms with Crippen molar-refractivity contribution in [1.82, 2.24) is 0 Å². The van der Waals surface area contributed by atoms with Crippen LogP contribution in [-0.4, -0.2) is 24.7 Å². The molecule has 3 aromatic carbocycles. The number of carbonyl (C=O) groups is 1. The number of aryl methyl sites for hydroxylation is 1.